The van der Waals surface area contributed by atoms with Gasteiger partial charge in [0, 0.05) is 19.3 Å². The van der Waals surface area contributed by atoms with Crippen molar-refractivity contribution in [1.29, 1.82) is 0 Å². The Hall–Kier alpha value is -3.69. The van der Waals surface area contributed by atoms with E-state index in [-0.39, 0.29) is 30.8 Å². The van der Waals surface area contributed by atoms with Crippen LogP contribution in [0.1, 0.15) is 61.6 Å². The minimum atomic E-state index is -4.08. The Kier molecular flexibility index (Phi) is 13.4. The summed E-state index contributed by atoms with van der Waals surface area (Å²) in [5, 5.41) is 18.2. The fourth-order valence-electron chi connectivity index (χ4n) is 5.12. The number of carbonyl (C=O) groups excluding carboxylic acids is 2. The first-order chi connectivity index (χ1) is 21.0. The quantitative estimate of drug-likeness (QED) is 0.121. The first-order valence-corrected chi connectivity index (χ1v) is 14.9. The maximum Gasteiger partial charge on any atom is 0.389 e. The molecule has 1 aliphatic rings. The van der Waals surface area contributed by atoms with E-state index in [4.69, 9.17) is 19.7 Å². The van der Waals surface area contributed by atoms with Crippen LogP contribution in [0.25, 0.3) is 16.7 Å². The van der Waals surface area contributed by atoms with Crippen molar-refractivity contribution in [2.45, 2.75) is 64.0 Å². The molecule has 0 bridgehead atoms. The lowest BCUT2D eigenvalue weighted by Gasteiger charge is -2.22. The van der Waals surface area contributed by atoms with Crippen molar-refractivity contribution < 1.29 is 42.4 Å². The Morgan fingerprint density at radius 3 is 1.84 bits per heavy atom. The number of alkyl halides is 3. The molecule has 1 atom stereocenters. The number of aliphatic hydroxyl groups is 2. The summed E-state index contributed by atoms with van der Waals surface area (Å²) in [5.41, 5.74) is 6.07. The lowest BCUT2D eigenvalue weighted by Crippen LogP contribution is -2.13. The Balaban J connectivity index is 1.67. The molecular weight excluding hydrogens is 573 g/mol. The van der Waals surface area contributed by atoms with Gasteiger partial charge in [0.25, 0.3) is 0 Å². The highest BCUT2D eigenvalue weighted by atomic mass is 19.4. The number of aliphatic hydroxyl groups excluding tert-OH is 2. The second kappa shape index (κ2) is 17.0. The molecule has 0 aliphatic heterocycles. The summed E-state index contributed by atoms with van der Waals surface area (Å²) < 4.78 is 47.6. The van der Waals surface area contributed by atoms with Crippen LogP contribution in [0.3, 0.4) is 0 Å². The first kappa shape index (κ1) is 34.8. The summed E-state index contributed by atoms with van der Waals surface area (Å²) >= 11 is 0. The number of benzene rings is 2. The van der Waals surface area contributed by atoms with Crippen LogP contribution in [-0.2, 0) is 31.9 Å². The van der Waals surface area contributed by atoms with Gasteiger partial charge in [0.15, 0.2) is 0 Å². The van der Waals surface area contributed by atoms with Gasteiger partial charge in [0.05, 0.1) is 37.6 Å². The maximum absolute atomic E-state index is 12.4. The SMILES string of the molecule is C=C(CO)C(=O)OCCc1cc(CCOC(=O)C(=C)CO)cc(-c2ccc(C3=CCC(CCCCC(F)(F)F)CC3)cc2)c1. The largest absolute Gasteiger partial charge is 0.462 e. The minimum Gasteiger partial charge on any atom is -0.462 e. The minimum absolute atomic E-state index is 0.0182. The molecule has 0 amide bonds. The van der Waals surface area contributed by atoms with Crippen molar-refractivity contribution in [3.05, 3.63) is 89.5 Å². The van der Waals surface area contributed by atoms with Gasteiger partial charge in [-0.25, -0.2) is 9.59 Å². The normalized spacial score (nSPS) is 14.9. The summed E-state index contributed by atoms with van der Waals surface area (Å²) in [6.45, 7) is 6.20. The molecule has 44 heavy (non-hydrogen) atoms. The Bertz CT molecular complexity index is 1270. The molecule has 0 fully saturated rings. The van der Waals surface area contributed by atoms with Gasteiger partial charge in [-0.3, -0.25) is 0 Å². The first-order valence-electron chi connectivity index (χ1n) is 14.9. The van der Waals surface area contributed by atoms with Crippen LogP contribution in [0.2, 0.25) is 0 Å². The predicted octanol–water partition coefficient (Wildman–Crippen LogP) is 6.93. The number of hydrogen-bond acceptors (Lipinski definition) is 6. The van der Waals surface area contributed by atoms with E-state index in [2.05, 4.69) is 31.4 Å². The van der Waals surface area contributed by atoms with Crippen molar-refractivity contribution in [2.75, 3.05) is 26.4 Å². The second-order valence-corrected chi connectivity index (χ2v) is 11.1. The zero-order chi connectivity index (χ0) is 32.1. The number of halogens is 3. The number of esters is 2. The van der Waals surface area contributed by atoms with Crippen molar-refractivity contribution in [1.82, 2.24) is 0 Å². The van der Waals surface area contributed by atoms with Gasteiger partial charge in [-0.15, -0.1) is 0 Å². The molecule has 0 spiro atoms. The van der Waals surface area contributed by atoms with E-state index in [1.54, 1.807) is 0 Å². The summed E-state index contributed by atoms with van der Waals surface area (Å²) in [5.74, 6) is -0.880. The predicted molar refractivity (Wildman–Crippen MR) is 163 cm³/mol. The van der Waals surface area contributed by atoms with E-state index in [0.717, 1.165) is 53.5 Å². The number of carbonyl (C=O) groups is 2. The van der Waals surface area contributed by atoms with Crippen LogP contribution in [0.15, 0.2) is 72.8 Å². The molecule has 3 rings (SSSR count). The molecule has 0 saturated heterocycles. The molecule has 2 aromatic rings. The van der Waals surface area contributed by atoms with Crippen molar-refractivity contribution in [3.8, 4) is 11.1 Å². The van der Waals surface area contributed by atoms with Gasteiger partial charge in [-0.2, -0.15) is 13.2 Å². The molecule has 1 unspecified atom stereocenters. The van der Waals surface area contributed by atoms with E-state index in [1.165, 1.54) is 5.57 Å². The van der Waals surface area contributed by atoms with Crippen LogP contribution in [-0.4, -0.2) is 54.8 Å². The Morgan fingerprint density at radius 1 is 0.818 bits per heavy atom. The van der Waals surface area contributed by atoms with Gasteiger partial charge in [0.2, 0.25) is 0 Å². The molecular formula is C35H41F3O6. The fraction of sp³-hybridized carbons (Fsp3) is 0.429. The molecule has 1 aliphatic carbocycles. The zero-order valence-electron chi connectivity index (χ0n) is 25.0. The standard InChI is InChI=1S/C35H41F3O6/c1-24(22-39)33(41)43-17-14-27-19-28(15-18-44-34(42)25(2)23-40)21-32(20-27)31-12-10-30(11-13-31)29-8-6-26(7-9-29)5-3-4-16-35(36,37)38/h8,10-13,19-21,26,39-40H,1-7,9,14-18,22-23H2. The zero-order valence-corrected chi connectivity index (χ0v) is 25.0. The molecule has 0 radical (unpaired) electrons. The summed E-state index contributed by atoms with van der Waals surface area (Å²) in [4.78, 5) is 23.8. The smallest absolute Gasteiger partial charge is 0.389 e. The average Bonchev–Trinajstić information content (AvgIpc) is 3.02. The van der Waals surface area contributed by atoms with Crippen molar-refractivity contribution >= 4 is 17.5 Å². The van der Waals surface area contributed by atoms with Gasteiger partial charge in [-0.05, 0) is 65.0 Å². The topological polar surface area (TPSA) is 93.1 Å². The van der Waals surface area contributed by atoms with Gasteiger partial charge < -0.3 is 19.7 Å². The summed E-state index contributed by atoms with van der Waals surface area (Å²) in [7, 11) is 0. The van der Waals surface area contributed by atoms with E-state index in [1.807, 2.05) is 30.3 Å². The monoisotopic (exact) mass is 614 g/mol. The fourth-order valence-corrected chi connectivity index (χ4v) is 5.12. The molecule has 238 valence electrons. The van der Waals surface area contributed by atoms with Crippen LogP contribution < -0.4 is 0 Å². The number of rotatable bonds is 16. The number of ether oxygens (including phenoxy) is 2. The Morgan fingerprint density at radius 2 is 1.36 bits per heavy atom. The van der Waals surface area contributed by atoms with Gasteiger partial charge in [-0.1, -0.05) is 74.5 Å². The van der Waals surface area contributed by atoms with Gasteiger partial charge in [0.1, 0.15) is 0 Å². The van der Waals surface area contributed by atoms with Crippen LogP contribution in [0.4, 0.5) is 13.2 Å². The van der Waals surface area contributed by atoms with Crippen LogP contribution in [0, 0.1) is 5.92 Å². The number of unbranched alkanes of at least 4 members (excludes halogenated alkanes) is 1. The molecule has 2 aromatic carbocycles. The third-order valence-electron chi connectivity index (χ3n) is 7.69. The highest BCUT2D eigenvalue weighted by Crippen LogP contribution is 2.34. The molecule has 9 heteroatoms. The van der Waals surface area contributed by atoms with Crippen molar-refractivity contribution in [2.24, 2.45) is 5.92 Å². The molecule has 0 saturated carbocycles. The lowest BCUT2D eigenvalue weighted by molar-refractivity contribution is -0.140. The average molecular weight is 615 g/mol. The third kappa shape index (κ3) is 11.4. The van der Waals surface area contributed by atoms with Crippen molar-refractivity contribution in [3.63, 3.8) is 0 Å². The number of hydrogen-bond donors (Lipinski definition) is 2. The highest BCUT2D eigenvalue weighted by Gasteiger charge is 2.26. The maximum atomic E-state index is 12.4. The third-order valence-corrected chi connectivity index (χ3v) is 7.69. The summed E-state index contributed by atoms with van der Waals surface area (Å²) in [6, 6.07) is 14.2. The molecule has 2 N–H and O–H groups in total. The van der Waals surface area contributed by atoms with Gasteiger partial charge >= 0.3 is 18.1 Å². The molecule has 6 nitrogen and oxygen atoms in total. The van der Waals surface area contributed by atoms with E-state index < -0.39 is 37.7 Å². The summed E-state index contributed by atoms with van der Waals surface area (Å²) in [6.07, 6.45) is 2.63. The lowest BCUT2D eigenvalue weighted by atomic mass is 9.83. The van der Waals surface area contributed by atoms with Crippen LogP contribution >= 0.6 is 0 Å². The molecule has 0 heterocycles. The van der Waals surface area contributed by atoms with E-state index in [9.17, 15) is 22.8 Å². The van der Waals surface area contributed by atoms with E-state index in [0.29, 0.717) is 25.2 Å². The number of allylic oxidation sites excluding steroid dienone is 2. The van der Waals surface area contributed by atoms with E-state index >= 15 is 0 Å². The highest BCUT2D eigenvalue weighted by molar-refractivity contribution is 5.88. The van der Waals surface area contributed by atoms with Crippen LogP contribution in [0.5, 0.6) is 0 Å². The molecule has 0 aromatic heterocycles. The Labute approximate surface area is 256 Å². The second-order valence-electron chi connectivity index (χ2n) is 11.1.